The van der Waals surface area contributed by atoms with Gasteiger partial charge in [0.1, 0.15) is 9.20 Å². The fourth-order valence-corrected chi connectivity index (χ4v) is 4.84. The third-order valence-electron chi connectivity index (χ3n) is 2.99. The van der Waals surface area contributed by atoms with Crippen LogP contribution in [0, 0.1) is 0 Å². The Kier molecular flexibility index (Phi) is 6.53. The minimum absolute atomic E-state index is 0.0921. The van der Waals surface area contributed by atoms with Crippen LogP contribution in [-0.2, 0) is 14.8 Å². The number of methoxy groups -OCH3 is 1. The van der Waals surface area contributed by atoms with Gasteiger partial charge in [-0.3, -0.25) is 0 Å². The van der Waals surface area contributed by atoms with Gasteiger partial charge >= 0.3 is 0 Å². The molecule has 5 nitrogen and oxygen atoms in total. The zero-order valence-corrected chi connectivity index (χ0v) is 14.3. The minimum atomic E-state index is -3.54. The normalized spacial score (nSPS) is 13.6. The molecule has 2 N–H and O–H groups in total. The molecule has 0 saturated carbocycles. The van der Waals surface area contributed by atoms with Gasteiger partial charge in [-0.05, 0) is 25.5 Å². The van der Waals surface area contributed by atoms with E-state index in [4.69, 9.17) is 22.7 Å². The average molecular weight is 337 g/mol. The molecule has 0 bridgehead atoms. The van der Waals surface area contributed by atoms with Gasteiger partial charge in [-0.15, -0.1) is 11.3 Å². The fraction of sp³-hybridized carbons (Fsp3) is 0.583. The smallest absolute Gasteiger partial charge is 0.252 e. The van der Waals surface area contributed by atoms with E-state index < -0.39 is 10.0 Å². The van der Waals surface area contributed by atoms with Gasteiger partial charge < -0.3 is 10.5 Å². The summed E-state index contributed by atoms with van der Waals surface area (Å²) >= 11 is 5.97. The van der Waals surface area contributed by atoms with Crippen LogP contribution in [0.4, 0.5) is 0 Å². The van der Waals surface area contributed by atoms with E-state index in [9.17, 15) is 8.42 Å². The van der Waals surface area contributed by atoms with Gasteiger partial charge in [0, 0.05) is 19.7 Å². The molecule has 1 aromatic rings. The number of hydrogen-bond donors (Lipinski definition) is 1. The third-order valence-corrected chi connectivity index (χ3v) is 6.93. The quantitative estimate of drug-likeness (QED) is 0.733. The maximum Gasteiger partial charge on any atom is 0.252 e. The van der Waals surface area contributed by atoms with Crippen molar-refractivity contribution in [1.82, 2.24) is 4.31 Å². The van der Waals surface area contributed by atoms with Crippen molar-refractivity contribution in [2.75, 3.05) is 20.3 Å². The SMILES string of the molecule is CCC(C)N(CCOC)S(=O)(=O)c1ccc(C(N)=S)s1. The van der Waals surface area contributed by atoms with Crippen molar-refractivity contribution >= 4 is 38.6 Å². The summed E-state index contributed by atoms with van der Waals surface area (Å²) in [5.74, 6) is 0. The molecule has 20 heavy (non-hydrogen) atoms. The first-order chi connectivity index (χ1) is 9.34. The Hall–Kier alpha value is -0.540. The zero-order chi connectivity index (χ0) is 15.3. The van der Waals surface area contributed by atoms with E-state index in [1.54, 1.807) is 19.2 Å². The average Bonchev–Trinajstić information content (AvgIpc) is 2.89. The summed E-state index contributed by atoms with van der Waals surface area (Å²) in [4.78, 5) is 0.817. The lowest BCUT2D eigenvalue weighted by atomic mass is 10.3. The molecular weight excluding hydrogens is 316 g/mol. The number of thiocarbonyl (C=S) groups is 1. The van der Waals surface area contributed by atoms with Crippen molar-refractivity contribution in [2.45, 2.75) is 30.5 Å². The second-order valence-electron chi connectivity index (χ2n) is 4.35. The van der Waals surface area contributed by atoms with Gasteiger partial charge in [-0.1, -0.05) is 19.1 Å². The zero-order valence-electron chi connectivity index (χ0n) is 11.8. The molecular formula is C12H20N2O3S3. The largest absolute Gasteiger partial charge is 0.389 e. The molecule has 1 aromatic heterocycles. The molecule has 0 aromatic carbocycles. The van der Waals surface area contributed by atoms with Gasteiger partial charge in [0.25, 0.3) is 10.0 Å². The third kappa shape index (κ3) is 3.98. The lowest BCUT2D eigenvalue weighted by molar-refractivity contribution is 0.167. The Morgan fingerprint density at radius 3 is 2.65 bits per heavy atom. The lowest BCUT2D eigenvalue weighted by Gasteiger charge is -2.26. The molecule has 0 aliphatic rings. The molecule has 1 atom stereocenters. The second-order valence-corrected chi connectivity index (χ2v) is 7.99. The summed E-state index contributed by atoms with van der Waals surface area (Å²) in [6.07, 6.45) is 0.733. The van der Waals surface area contributed by atoms with Crippen LogP contribution in [0.3, 0.4) is 0 Å². The van der Waals surface area contributed by atoms with Gasteiger partial charge in [0.05, 0.1) is 11.5 Å². The van der Waals surface area contributed by atoms with Gasteiger partial charge in [-0.2, -0.15) is 4.31 Å². The molecule has 0 fully saturated rings. The van der Waals surface area contributed by atoms with Crippen LogP contribution in [0.1, 0.15) is 25.1 Å². The summed E-state index contributed by atoms with van der Waals surface area (Å²) < 4.78 is 32.1. The Bertz CT molecular complexity index is 554. The molecule has 0 aliphatic carbocycles. The van der Waals surface area contributed by atoms with Crippen LogP contribution in [-0.4, -0.2) is 44.0 Å². The van der Waals surface area contributed by atoms with E-state index in [-0.39, 0.29) is 15.2 Å². The molecule has 1 heterocycles. The molecule has 8 heteroatoms. The summed E-state index contributed by atoms with van der Waals surface area (Å²) in [6, 6.07) is 3.10. The summed E-state index contributed by atoms with van der Waals surface area (Å²) in [6.45, 7) is 4.52. The van der Waals surface area contributed by atoms with Crippen molar-refractivity contribution in [1.29, 1.82) is 0 Å². The Morgan fingerprint density at radius 2 is 2.20 bits per heavy atom. The topological polar surface area (TPSA) is 72.6 Å². The van der Waals surface area contributed by atoms with Crippen molar-refractivity contribution in [3.05, 3.63) is 17.0 Å². The molecule has 1 rings (SSSR count). The minimum Gasteiger partial charge on any atom is -0.389 e. The van der Waals surface area contributed by atoms with Gasteiger partial charge in [0.15, 0.2) is 0 Å². The van der Waals surface area contributed by atoms with Crippen molar-refractivity contribution in [2.24, 2.45) is 5.73 Å². The van der Waals surface area contributed by atoms with Crippen molar-refractivity contribution in [3.8, 4) is 0 Å². The van der Waals surface area contributed by atoms with Crippen LogP contribution in [0.25, 0.3) is 0 Å². The van der Waals surface area contributed by atoms with Gasteiger partial charge in [0.2, 0.25) is 0 Å². The Labute approximate surface area is 129 Å². The monoisotopic (exact) mass is 336 g/mol. The highest BCUT2D eigenvalue weighted by molar-refractivity contribution is 7.91. The van der Waals surface area contributed by atoms with E-state index in [1.165, 1.54) is 4.31 Å². The molecule has 0 saturated heterocycles. The number of rotatable bonds is 8. The number of hydrogen-bond acceptors (Lipinski definition) is 5. The highest BCUT2D eigenvalue weighted by Crippen LogP contribution is 2.26. The van der Waals surface area contributed by atoms with Crippen LogP contribution in [0.2, 0.25) is 0 Å². The molecule has 1 unspecified atom stereocenters. The van der Waals surface area contributed by atoms with Crippen molar-refractivity contribution < 1.29 is 13.2 Å². The highest BCUT2D eigenvalue weighted by atomic mass is 32.2. The first kappa shape index (κ1) is 17.5. The number of nitrogens with zero attached hydrogens (tertiary/aromatic N) is 1. The summed E-state index contributed by atoms with van der Waals surface area (Å²) in [5.41, 5.74) is 5.53. The number of sulfonamides is 1. The van der Waals surface area contributed by atoms with E-state index in [0.717, 1.165) is 17.8 Å². The lowest BCUT2D eigenvalue weighted by Crippen LogP contribution is -2.40. The number of nitrogens with two attached hydrogens (primary N) is 1. The molecule has 0 spiro atoms. The molecule has 0 aliphatic heterocycles. The maximum atomic E-state index is 12.7. The van der Waals surface area contributed by atoms with Gasteiger partial charge in [-0.25, -0.2) is 8.42 Å². The van der Waals surface area contributed by atoms with E-state index in [0.29, 0.717) is 18.0 Å². The van der Waals surface area contributed by atoms with Crippen molar-refractivity contribution in [3.63, 3.8) is 0 Å². The van der Waals surface area contributed by atoms with E-state index in [2.05, 4.69) is 0 Å². The summed E-state index contributed by atoms with van der Waals surface area (Å²) in [5, 5.41) is 0. The Balaban J connectivity index is 3.10. The molecule has 114 valence electrons. The maximum absolute atomic E-state index is 12.7. The first-order valence-electron chi connectivity index (χ1n) is 6.25. The van der Waals surface area contributed by atoms with Crippen LogP contribution < -0.4 is 5.73 Å². The van der Waals surface area contributed by atoms with E-state index >= 15 is 0 Å². The predicted octanol–water partition coefficient (Wildman–Crippen LogP) is 1.82. The highest BCUT2D eigenvalue weighted by Gasteiger charge is 2.29. The first-order valence-corrected chi connectivity index (χ1v) is 8.91. The fourth-order valence-electron chi connectivity index (χ4n) is 1.67. The number of thiophene rings is 1. The molecule has 0 radical (unpaired) electrons. The second kappa shape index (κ2) is 7.46. The standard InChI is InChI=1S/C12H20N2O3S3/c1-4-9(2)14(7-8-17-3)20(15,16)11-6-5-10(19-11)12(13)18/h5-6,9H,4,7-8H2,1-3H3,(H2,13,18). The van der Waals surface area contributed by atoms with Crippen LogP contribution >= 0.6 is 23.6 Å². The Morgan fingerprint density at radius 1 is 1.55 bits per heavy atom. The number of ether oxygens (including phenoxy) is 1. The van der Waals surface area contributed by atoms with Crippen LogP contribution in [0.5, 0.6) is 0 Å². The predicted molar refractivity (Wildman–Crippen MR) is 85.7 cm³/mol. The van der Waals surface area contributed by atoms with E-state index in [1.807, 2.05) is 13.8 Å². The summed E-state index contributed by atoms with van der Waals surface area (Å²) in [7, 11) is -1.99. The van der Waals surface area contributed by atoms with Crippen LogP contribution in [0.15, 0.2) is 16.3 Å². The molecule has 0 amide bonds.